The molecule has 2 rings (SSSR count). The Morgan fingerprint density at radius 1 is 1.44 bits per heavy atom. The van der Waals surface area contributed by atoms with Gasteiger partial charge in [-0.2, -0.15) is 0 Å². The molecule has 2 aromatic rings. The number of aromatic nitrogens is 2. The van der Waals surface area contributed by atoms with Gasteiger partial charge in [0.15, 0.2) is 0 Å². The minimum Gasteiger partial charge on any atom is -0.496 e. The van der Waals surface area contributed by atoms with Crippen LogP contribution < -0.4 is 10.5 Å². The maximum Gasteiger partial charge on any atom is 0.251 e. The monoisotopic (exact) mass is 239 g/mol. The number of halogens is 1. The molecular formula is C10H10ClN3O2. The Balaban J connectivity index is 2.46. The van der Waals surface area contributed by atoms with E-state index < -0.39 is 0 Å². The summed E-state index contributed by atoms with van der Waals surface area (Å²) in [6, 6.07) is 5.17. The van der Waals surface area contributed by atoms with Gasteiger partial charge >= 0.3 is 0 Å². The Morgan fingerprint density at radius 2 is 2.25 bits per heavy atom. The van der Waals surface area contributed by atoms with Crippen LogP contribution in [0.3, 0.4) is 0 Å². The van der Waals surface area contributed by atoms with Crippen LogP contribution >= 0.6 is 11.6 Å². The predicted molar refractivity (Wildman–Crippen MR) is 59.2 cm³/mol. The van der Waals surface area contributed by atoms with Crippen LogP contribution in [0.25, 0.3) is 11.5 Å². The third-order valence-electron chi connectivity index (χ3n) is 2.04. The first-order valence-electron chi connectivity index (χ1n) is 4.61. The Kier molecular flexibility index (Phi) is 3.07. The standard InChI is InChI=1S/C10H10ClN3O2/c1-15-8-4-6(11)2-3-7(8)10-14-13-9(5-12)16-10/h2-4H,5,12H2,1H3. The van der Waals surface area contributed by atoms with Gasteiger partial charge < -0.3 is 14.9 Å². The molecule has 0 spiro atoms. The molecule has 0 radical (unpaired) electrons. The molecule has 6 heteroatoms. The van der Waals surface area contributed by atoms with E-state index >= 15 is 0 Å². The van der Waals surface area contributed by atoms with E-state index in [0.29, 0.717) is 28.1 Å². The number of nitrogens with zero attached hydrogens (tertiary/aromatic N) is 2. The zero-order chi connectivity index (χ0) is 11.5. The van der Waals surface area contributed by atoms with Crippen LogP contribution in [0.1, 0.15) is 5.89 Å². The van der Waals surface area contributed by atoms with Crippen LogP contribution in [-0.4, -0.2) is 17.3 Å². The van der Waals surface area contributed by atoms with Crippen LogP contribution in [0, 0.1) is 0 Å². The molecular weight excluding hydrogens is 230 g/mol. The van der Waals surface area contributed by atoms with E-state index in [4.69, 9.17) is 26.5 Å². The van der Waals surface area contributed by atoms with Crippen molar-refractivity contribution in [3.8, 4) is 17.2 Å². The fraction of sp³-hybridized carbons (Fsp3) is 0.200. The minimum absolute atomic E-state index is 0.211. The third kappa shape index (κ3) is 2.00. The number of benzene rings is 1. The van der Waals surface area contributed by atoms with Gasteiger partial charge in [0.2, 0.25) is 5.89 Å². The van der Waals surface area contributed by atoms with E-state index in [9.17, 15) is 0 Å². The summed E-state index contributed by atoms with van der Waals surface area (Å²) >= 11 is 5.85. The lowest BCUT2D eigenvalue weighted by Gasteiger charge is -2.04. The Labute approximate surface area is 97.2 Å². The number of methoxy groups -OCH3 is 1. The van der Waals surface area contributed by atoms with Gasteiger partial charge in [0.05, 0.1) is 19.2 Å². The molecule has 1 aromatic heterocycles. The molecule has 1 aromatic carbocycles. The van der Waals surface area contributed by atoms with Crippen molar-refractivity contribution in [1.29, 1.82) is 0 Å². The lowest BCUT2D eigenvalue weighted by Crippen LogP contribution is -1.95. The van der Waals surface area contributed by atoms with E-state index in [2.05, 4.69) is 10.2 Å². The van der Waals surface area contributed by atoms with Gasteiger partial charge in [-0.3, -0.25) is 0 Å². The average Bonchev–Trinajstić information content (AvgIpc) is 2.77. The second-order valence-corrected chi connectivity index (χ2v) is 3.49. The quantitative estimate of drug-likeness (QED) is 0.885. The second kappa shape index (κ2) is 4.51. The first-order valence-corrected chi connectivity index (χ1v) is 4.98. The molecule has 0 unspecified atom stereocenters. The summed E-state index contributed by atoms with van der Waals surface area (Å²) < 4.78 is 10.5. The van der Waals surface area contributed by atoms with Crippen molar-refractivity contribution in [2.75, 3.05) is 7.11 Å². The molecule has 0 aliphatic heterocycles. The van der Waals surface area contributed by atoms with Gasteiger partial charge in [-0.15, -0.1) is 10.2 Å². The van der Waals surface area contributed by atoms with Crippen LogP contribution in [0.15, 0.2) is 22.6 Å². The molecule has 5 nitrogen and oxygen atoms in total. The summed E-state index contributed by atoms with van der Waals surface area (Å²) in [6.07, 6.45) is 0. The summed E-state index contributed by atoms with van der Waals surface area (Å²) in [7, 11) is 1.55. The van der Waals surface area contributed by atoms with E-state index in [0.717, 1.165) is 0 Å². The van der Waals surface area contributed by atoms with Crippen LogP contribution in [-0.2, 0) is 6.54 Å². The number of hydrogen-bond donors (Lipinski definition) is 1. The van der Waals surface area contributed by atoms with Gasteiger partial charge in [0.25, 0.3) is 5.89 Å². The highest BCUT2D eigenvalue weighted by atomic mass is 35.5. The van der Waals surface area contributed by atoms with Crippen molar-refractivity contribution in [2.45, 2.75) is 6.54 Å². The molecule has 0 aliphatic rings. The number of ether oxygens (including phenoxy) is 1. The van der Waals surface area contributed by atoms with Gasteiger partial charge in [-0.1, -0.05) is 11.6 Å². The summed E-state index contributed by atoms with van der Waals surface area (Å²) in [6.45, 7) is 0.211. The molecule has 0 saturated carbocycles. The molecule has 0 aliphatic carbocycles. The maximum atomic E-state index is 5.85. The third-order valence-corrected chi connectivity index (χ3v) is 2.27. The van der Waals surface area contributed by atoms with Crippen molar-refractivity contribution < 1.29 is 9.15 Å². The first kappa shape index (κ1) is 10.9. The highest BCUT2D eigenvalue weighted by Crippen LogP contribution is 2.31. The topological polar surface area (TPSA) is 74.2 Å². The molecule has 0 amide bonds. The maximum absolute atomic E-state index is 5.85. The molecule has 84 valence electrons. The largest absolute Gasteiger partial charge is 0.496 e. The number of nitrogens with two attached hydrogens (primary N) is 1. The average molecular weight is 240 g/mol. The Hall–Kier alpha value is -1.59. The SMILES string of the molecule is COc1cc(Cl)ccc1-c1nnc(CN)o1. The molecule has 0 fully saturated rings. The molecule has 2 N–H and O–H groups in total. The summed E-state index contributed by atoms with van der Waals surface area (Å²) in [5.41, 5.74) is 6.08. The van der Waals surface area contributed by atoms with Crippen molar-refractivity contribution in [3.63, 3.8) is 0 Å². The predicted octanol–water partition coefficient (Wildman–Crippen LogP) is 1.86. The second-order valence-electron chi connectivity index (χ2n) is 3.05. The Bertz CT molecular complexity index is 499. The fourth-order valence-corrected chi connectivity index (χ4v) is 1.45. The lowest BCUT2D eigenvalue weighted by atomic mass is 10.2. The zero-order valence-electron chi connectivity index (χ0n) is 8.61. The highest BCUT2D eigenvalue weighted by Gasteiger charge is 2.13. The van der Waals surface area contributed by atoms with Crippen molar-refractivity contribution in [3.05, 3.63) is 29.1 Å². The van der Waals surface area contributed by atoms with E-state index in [1.807, 2.05) is 0 Å². The smallest absolute Gasteiger partial charge is 0.251 e. The molecule has 0 atom stereocenters. The Morgan fingerprint density at radius 3 is 2.88 bits per heavy atom. The van der Waals surface area contributed by atoms with Crippen LogP contribution in [0.4, 0.5) is 0 Å². The van der Waals surface area contributed by atoms with E-state index in [-0.39, 0.29) is 6.54 Å². The van der Waals surface area contributed by atoms with Crippen molar-refractivity contribution in [1.82, 2.24) is 10.2 Å². The summed E-state index contributed by atoms with van der Waals surface area (Å²) in [5.74, 6) is 1.33. The summed E-state index contributed by atoms with van der Waals surface area (Å²) in [5, 5.41) is 8.24. The van der Waals surface area contributed by atoms with E-state index in [1.165, 1.54) is 0 Å². The first-order chi connectivity index (χ1) is 7.74. The fourth-order valence-electron chi connectivity index (χ4n) is 1.29. The number of rotatable bonds is 3. The van der Waals surface area contributed by atoms with Crippen molar-refractivity contribution >= 4 is 11.6 Å². The minimum atomic E-state index is 0.211. The van der Waals surface area contributed by atoms with Gasteiger partial charge in [-0.05, 0) is 18.2 Å². The zero-order valence-corrected chi connectivity index (χ0v) is 9.36. The van der Waals surface area contributed by atoms with Gasteiger partial charge in [-0.25, -0.2) is 0 Å². The van der Waals surface area contributed by atoms with Gasteiger partial charge in [0.1, 0.15) is 5.75 Å². The van der Waals surface area contributed by atoms with Crippen LogP contribution in [0.2, 0.25) is 5.02 Å². The molecule has 16 heavy (non-hydrogen) atoms. The molecule has 0 bridgehead atoms. The van der Waals surface area contributed by atoms with Crippen LogP contribution in [0.5, 0.6) is 5.75 Å². The number of hydrogen-bond acceptors (Lipinski definition) is 5. The van der Waals surface area contributed by atoms with E-state index in [1.54, 1.807) is 25.3 Å². The van der Waals surface area contributed by atoms with Gasteiger partial charge in [0, 0.05) is 5.02 Å². The molecule has 1 heterocycles. The lowest BCUT2D eigenvalue weighted by molar-refractivity contribution is 0.413. The summed E-state index contributed by atoms with van der Waals surface area (Å²) in [4.78, 5) is 0. The molecule has 0 saturated heterocycles. The van der Waals surface area contributed by atoms with Crippen molar-refractivity contribution in [2.24, 2.45) is 5.73 Å². The highest BCUT2D eigenvalue weighted by molar-refractivity contribution is 6.30. The normalized spacial score (nSPS) is 10.4.